The number of ether oxygens (including phenoxy) is 1. The third kappa shape index (κ3) is 3.50. The summed E-state index contributed by atoms with van der Waals surface area (Å²) in [5, 5.41) is 0. The van der Waals surface area contributed by atoms with Crippen LogP contribution >= 0.6 is 0 Å². The van der Waals surface area contributed by atoms with E-state index in [2.05, 4.69) is 9.98 Å². The molecule has 0 saturated carbocycles. The van der Waals surface area contributed by atoms with E-state index >= 15 is 0 Å². The van der Waals surface area contributed by atoms with E-state index in [0.29, 0.717) is 24.2 Å². The highest BCUT2D eigenvalue weighted by Gasteiger charge is 2.33. The first-order valence-corrected chi connectivity index (χ1v) is 7.80. The van der Waals surface area contributed by atoms with Crippen LogP contribution in [0.4, 0.5) is 8.78 Å². The van der Waals surface area contributed by atoms with Crippen molar-refractivity contribution in [3.05, 3.63) is 65.0 Å². The van der Waals surface area contributed by atoms with Crippen LogP contribution in [0.25, 0.3) is 0 Å². The number of rotatable bonds is 4. The fourth-order valence-corrected chi connectivity index (χ4v) is 2.84. The number of hydrogen-bond acceptors (Lipinski definition) is 5. The van der Waals surface area contributed by atoms with Crippen LogP contribution in [0.5, 0.6) is 0 Å². The standard InChI is InChI=1S/C18H17F2N3O2/c1-18(6-8-25-17(21)23-18)12-9-11(4-5-13(12)19)10-15(24)16-14(20)3-2-7-22-16/h2-5,7,9H,6,8,10H2,1H3,(H2,21,23)/t18-/m0/s1. The molecule has 2 heterocycles. The van der Waals surface area contributed by atoms with Crippen molar-refractivity contribution in [1.82, 2.24) is 4.98 Å². The molecule has 7 heteroatoms. The molecule has 0 radical (unpaired) electrons. The Balaban J connectivity index is 1.91. The summed E-state index contributed by atoms with van der Waals surface area (Å²) in [6.45, 7) is 2.08. The molecule has 0 amide bonds. The predicted molar refractivity (Wildman–Crippen MR) is 88.2 cm³/mol. The SMILES string of the molecule is C[C@@]1(c2cc(CC(=O)c3ncccc3F)ccc2F)CCOC(N)=N1. The predicted octanol–water partition coefficient (Wildman–Crippen LogP) is 2.74. The number of ketones is 1. The zero-order chi connectivity index (χ0) is 18.0. The van der Waals surface area contributed by atoms with E-state index in [1.165, 1.54) is 30.5 Å². The van der Waals surface area contributed by atoms with Crippen LogP contribution in [0.3, 0.4) is 0 Å². The van der Waals surface area contributed by atoms with Crippen molar-refractivity contribution >= 4 is 11.8 Å². The van der Waals surface area contributed by atoms with Gasteiger partial charge < -0.3 is 10.5 Å². The quantitative estimate of drug-likeness (QED) is 0.865. The molecule has 0 aliphatic carbocycles. The molecular formula is C18H17F2N3O2. The molecule has 3 rings (SSSR count). The molecule has 1 aromatic heterocycles. The highest BCUT2D eigenvalue weighted by Crippen LogP contribution is 2.34. The second-order valence-electron chi connectivity index (χ2n) is 6.07. The van der Waals surface area contributed by atoms with Crippen molar-refractivity contribution in [2.45, 2.75) is 25.3 Å². The van der Waals surface area contributed by atoms with Gasteiger partial charge in [0.15, 0.2) is 11.6 Å². The molecule has 5 nitrogen and oxygen atoms in total. The van der Waals surface area contributed by atoms with Crippen LogP contribution < -0.4 is 5.73 Å². The Morgan fingerprint density at radius 1 is 1.32 bits per heavy atom. The third-order valence-corrected chi connectivity index (χ3v) is 4.19. The Kier molecular flexibility index (Phi) is 4.48. The summed E-state index contributed by atoms with van der Waals surface area (Å²) in [6.07, 6.45) is 1.72. The van der Waals surface area contributed by atoms with Gasteiger partial charge in [0.2, 0.25) is 0 Å². The van der Waals surface area contributed by atoms with Gasteiger partial charge in [0, 0.05) is 24.6 Å². The molecule has 130 valence electrons. The Labute approximate surface area is 143 Å². The Morgan fingerprint density at radius 2 is 2.12 bits per heavy atom. The zero-order valence-electron chi connectivity index (χ0n) is 13.6. The monoisotopic (exact) mass is 345 g/mol. The van der Waals surface area contributed by atoms with Crippen molar-refractivity contribution in [1.29, 1.82) is 0 Å². The smallest absolute Gasteiger partial charge is 0.282 e. The van der Waals surface area contributed by atoms with Crippen molar-refractivity contribution in [3.8, 4) is 0 Å². The van der Waals surface area contributed by atoms with Crippen LogP contribution in [0.15, 0.2) is 41.5 Å². The molecule has 2 aromatic rings. The van der Waals surface area contributed by atoms with Crippen LogP contribution in [0.1, 0.15) is 35.0 Å². The number of hydrogen-bond donors (Lipinski definition) is 1. The lowest BCUT2D eigenvalue weighted by Gasteiger charge is -2.30. The highest BCUT2D eigenvalue weighted by atomic mass is 19.1. The van der Waals surface area contributed by atoms with Crippen LogP contribution in [-0.2, 0) is 16.7 Å². The number of carbonyl (C=O) groups is 1. The molecular weight excluding hydrogens is 328 g/mol. The van der Waals surface area contributed by atoms with Crippen LogP contribution in [0, 0.1) is 11.6 Å². The number of pyridine rings is 1. The number of aliphatic imine (C=N–C) groups is 1. The van der Waals surface area contributed by atoms with Crippen molar-refractivity contribution in [2.75, 3.05) is 6.61 Å². The van der Waals surface area contributed by atoms with Crippen molar-refractivity contribution in [2.24, 2.45) is 10.7 Å². The lowest BCUT2D eigenvalue weighted by molar-refractivity contribution is 0.0983. The van der Waals surface area contributed by atoms with Gasteiger partial charge in [-0.15, -0.1) is 0 Å². The average Bonchev–Trinajstić information content (AvgIpc) is 2.56. The van der Waals surface area contributed by atoms with Gasteiger partial charge in [0.25, 0.3) is 6.02 Å². The minimum Gasteiger partial charge on any atom is -0.465 e. The largest absolute Gasteiger partial charge is 0.465 e. The van der Waals surface area contributed by atoms with E-state index in [1.54, 1.807) is 13.0 Å². The third-order valence-electron chi connectivity index (χ3n) is 4.19. The summed E-state index contributed by atoms with van der Waals surface area (Å²) in [6, 6.07) is 6.93. The summed E-state index contributed by atoms with van der Waals surface area (Å²) >= 11 is 0. The summed E-state index contributed by atoms with van der Waals surface area (Å²) < 4.78 is 33.1. The van der Waals surface area contributed by atoms with Gasteiger partial charge in [-0.2, -0.15) is 0 Å². The van der Waals surface area contributed by atoms with Crippen LogP contribution in [0.2, 0.25) is 0 Å². The van der Waals surface area contributed by atoms with E-state index < -0.39 is 23.0 Å². The minimum absolute atomic E-state index is 0.00480. The number of nitrogens with zero attached hydrogens (tertiary/aromatic N) is 2. The summed E-state index contributed by atoms with van der Waals surface area (Å²) in [4.78, 5) is 20.3. The fraction of sp³-hybridized carbons (Fsp3) is 0.278. The number of halogens is 2. The molecule has 0 bridgehead atoms. The number of carbonyl (C=O) groups excluding carboxylic acids is 1. The van der Waals surface area contributed by atoms with Gasteiger partial charge in [-0.25, -0.2) is 13.8 Å². The zero-order valence-corrected chi connectivity index (χ0v) is 13.6. The molecule has 1 aliphatic heterocycles. The van der Waals surface area contributed by atoms with E-state index in [1.807, 2.05) is 0 Å². The van der Waals surface area contributed by atoms with Gasteiger partial charge in [-0.1, -0.05) is 6.07 Å². The van der Waals surface area contributed by atoms with Gasteiger partial charge in [-0.05, 0) is 36.8 Å². The molecule has 0 fully saturated rings. The van der Waals surface area contributed by atoms with Gasteiger partial charge in [0.05, 0.1) is 12.1 Å². The first-order chi connectivity index (χ1) is 11.9. The first-order valence-electron chi connectivity index (χ1n) is 7.80. The lowest BCUT2D eigenvalue weighted by atomic mass is 9.87. The highest BCUT2D eigenvalue weighted by molar-refractivity contribution is 5.96. The Hall–Kier alpha value is -2.83. The first kappa shape index (κ1) is 17.0. The summed E-state index contributed by atoms with van der Waals surface area (Å²) in [5.74, 6) is -1.60. The van der Waals surface area contributed by atoms with Crippen molar-refractivity contribution in [3.63, 3.8) is 0 Å². The molecule has 2 N–H and O–H groups in total. The van der Waals surface area contributed by atoms with Gasteiger partial charge in [-0.3, -0.25) is 9.78 Å². The number of amidine groups is 1. The van der Waals surface area contributed by atoms with E-state index in [0.717, 1.165) is 0 Å². The number of nitrogens with two attached hydrogens (primary N) is 1. The maximum atomic E-state index is 14.3. The molecule has 1 aliphatic rings. The molecule has 1 aromatic carbocycles. The Morgan fingerprint density at radius 3 is 2.84 bits per heavy atom. The van der Waals surface area contributed by atoms with Gasteiger partial charge in [0.1, 0.15) is 11.5 Å². The molecule has 0 saturated heterocycles. The lowest BCUT2D eigenvalue weighted by Crippen LogP contribution is -2.34. The molecule has 1 atom stereocenters. The molecule has 0 unspecified atom stereocenters. The number of benzene rings is 1. The summed E-state index contributed by atoms with van der Waals surface area (Å²) in [7, 11) is 0. The minimum atomic E-state index is -0.873. The second kappa shape index (κ2) is 6.58. The van der Waals surface area contributed by atoms with E-state index in [9.17, 15) is 13.6 Å². The normalized spacial score (nSPS) is 19.9. The molecule has 25 heavy (non-hydrogen) atoms. The van der Waals surface area contributed by atoms with Crippen LogP contribution in [-0.4, -0.2) is 23.4 Å². The average molecular weight is 345 g/mol. The maximum absolute atomic E-state index is 14.3. The van der Waals surface area contributed by atoms with E-state index in [-0.39, 0.29) is 18.1 Å². The fourth-order valence-electron chi connectivity index (χ4n) is 2.84. The number of Topliss-reactive ketones (excluding diaryl/α,β-unsaturated/α-hetero) is 1. The summed E-state index contributed by atoms with van der Waals surface area (Å²) in [5.41, 5.74) is 5.38. The molecule has 0 spiro atoms. The van der Waals surface area contributed by atoms with Gasteiger partial charge >= 0.3 is 0 Å². The topological polar surface area (TPSA) is 77.6 Å². The second-order valence-corrected chi connectivity index (χ2v) is 6.07. The number of aromatic nitrogens is 1. The Bertz CT molecular complexity index is 854. The van der Waals surface area contributed by atoms with Crippen molar-refractivity contribution < 1.29 is 18.3 Å². The van der Waals surface area contributed by atoms with E-state index in [4.69, 9.17) is 10.5 Å². The maximum Gasteiger partial charge on any atom is 0.282 e.